The Morgan fingerprint density at radius 3 is 2.58 bits per heavy atom. The van der Waals surface area contributed by atoms with Crippen LogP contribution in [0.2, 0.25) is 0 Å². The molecule has 3 aromatic rings. The third-order valence-corrected chi connectivity index (χ3v) is 4.80. The summed E-state index contributed by atoms with van der Waals surface area (Å²) in [4.78, 5) is 19.4. The largest absolute Gasteiger partial charge is 0.323 e. The van der Waals surface area contributed by atoms with Gasteiger partial charge in [0.2, 0.25) is 11.9 Å². The van der Waals surface area contributed by atoms with Gasteiger partial charge in [0.15, 0.2) is 0 Å². The van der Waals surface area contributed by atoms with Crippen molar-refractivity contribution in [3.8, 4) is 0 Å². The average Bonchev–Trinajstić information content (AvgIpc) is 3.19. The molecular formula is C19H20N4O. The number of aromatic nitrogens is 2. The fraction of sp³-hybridized carbons (Fsp3) is 0.263. The van der Waals surface area contributed by atoms with Crippen LogP contribution in [0.3, 0.4) is 0 Å². The lowest BCUT2D eigenvalue weighted by molar-refractivity contribution is -0.122. The zero-order valence-electron chi connectivity index (χ0n) is 13.6. The lowest BCUT2D eigenvalue weighted by atomic mass is 9.94. The number of hydrogen-bond acceptors (Lipinski definition) is 3. The van der Waals surface area contributed by atoms with Crippen molar-refractivity contribution in [2.45, 2.75) is 19.5 Å². The van der Waals surface area contributed by atoms with Crippen molar-refractivity contribution in [1.29, 1.82) is 0 Å². The van der Waals surface area contributed by atoms with Gasteiger partial charge in [-0.2, -0.15) is 0 Å². The molecule has 5 heteroatoms. The molecule has 2 aromatic carbocycles. The molecule has 2 N–H and O–H groups in total. The lowest BCUT2D eigenvalue weighted by Crippen LogP contribution is -2.38. The Morgan fingerprint density at radius 1 is 1.08 bits per heavy atom. The Bertz CT molecular complexity index is 887. The first-order valence-electron chi connectivity index (χ1n) is 8.24. The average molecular weight is 320 g/mol. The SMILES string of the molecule is CC(C(=O)N1CCn2c1nc1ccccc12)C(N)c1ccccc1. The fourth-order valence-corrected chi connectivity index (χ4v) is 3.36. The number of nitrogens with two attached hydrogens (primary N) is 1. The van der Waals surface area contributed by atoms with Crippen molar-refractivity contribution in [2.24, 2.45) is 11.7 Å². The Hall–Kier alpha value is -2.66. The maximum absolute atomic E-state index is 13.0. The highest BCUT2D eigenvalue weighted by Crippen LogP contribution is 2.30. The number of para-hydroxylation sites is 2. The number of anilines is 1. The minimum Gasteiger partial charge on any atom is -0.323 e. The van der Waals surface area contributed by atoms with Crippen LogP contribution in [0.15, 0.2) is 54.6 Å². The molecule has 0 radical (unpaired) electrons. The van der Waals surface area contributed by atoms with Crippen LogP contribution in [-0.4, -0.2) is 22.0 Å². The second kappa shape index (κ2) is 5.76. The Kier molecular flexibility index (Phi) is 3.58. The molecule has 2 heterocycles. The first kappa shape index (κ1) is 14.9. The minimum atomic E-state index is -0.322. The van der Waals surface area contributed by atoms with E-state index in [0.29, 0.717) is 6.54 Å². The van der Waals surface area contributed by atoms with Crippen molar-refractivity contribution in [3.63, 3.8) is 0 Å². The molecule has 0 bridgehead atoms. The van der Waals surface area contributed by atoms with Gasteiger partial charge in [-0.3, -0.25) is 9.69 Å². The first-order chi connectivity index (χ1) is 11.7. The molecule has 0 saturated heterocycles. The quantitative estimate of drug-likeness (QED) is 0.807. The fourth-order valence-electron chi connectivity index (χ4n) is 3.36. The lowest BCUT2D eigenvalue weighted by Gasteiger charge is -2.24. The summed E-state index contributed by atoms with van der Waals surface area (Å²) in [5.41, 5.74) is 9.30. The summed E-state index contributed by atoms with van der Waals surface area (Å²) in [6.07, 6.45) is 0. The van der Waals surface area contributed by atoms with E-state index < -0.39 is 0 Å². The molecule has 1 aliphatic heterocycles. The molecule has 2 atom stereocenters. The molecule has 2 unspecified atom stereocenters. The zero-order chi connectivity index (χ0) is 16.7. The van der Waals surface area contributed by atoms with E-state index in [1.54, 1.807) is 4.90 Å². The van der Waals surface area contributed by atoms with Crippen molar-refractivity contribution >= 4 is 22.9 Å². The number of carbonyl (C=O) groups excluding carboxylic acids is 1. The molecular weight excluding hydrogens is 300 g/mol. The van der Waals surface area contributed by atoms with Crippen molar-refractivity contribution in [3.05, 3.63) is 60.2 Å². The van der Waals surface area contributed by atoms with Gasteiger partial charge in [-0.15, -0.1) is 0 Å². The van der Waals surface area contributed by atoms with Gasteiger partial charge >= 0.3 is 0 Å². The highest BCUT2D eigenvalue weighted by molar-refractivity contribution is 5.96. The van der Waals surface area contributed by atoms with Crippen LogP contribution in [0.4, 0.5) is 5.95 Å². The van der Waals surface area contributed by atoms with Gasteiger partial charge in [-0.05, 0) is 17.7 Å². The van der Waals surface area contributed by atoms with Crippen LogP contribution >= 0.6 is 0 Å². The van der Waals surface area contributed by atoms with Gasteiger partial charge in [0.25, 0.3) is 0 Å². The van der Waals surface area contributed by atoms with E-state index in [-0.39, 0.29) is 17.9 Å². The molecule has 5 nitrogen and oxygen atoms in total. The summed E-state index contributed by atoms with van der Waals surface area (Å²) >= 11 is 0. The van der Waals surface area contributed by atoms with E-state index in [1.165, 1.54) is 0 Å². The molecule has 0 saturated carbocycles. The normalized spacial score (nSPS) is 16.2. The summed E-state index contributed by atoms with van der Waals surface area (Å²) in [5, 5.41) is 0. The molecule has 24 heavy (non-hydrogen) atoms. The van der Waals surface area contributed by atoms with Crippen LogP contribution in [-0.2, 0) is 11.3 Å². The van der Waals surface area contributed by atoms with E-state index in [0.717, 1.165) is 29.1 Å². The maximum atomic E-state index is 13.0. The Morgan fingerprint density at radius 2 is 1.79 bits per heavy atom. The summed E-state index contributed by atoms with van der Waals surface area (Å²) in [6.45, 7) is 3.32. The molecule has 4 rings (SSSR count). The second-order valence-corrected chi connectivity index (χ2v) is 6.27. The molecule has 1 amide bonds. The third-order valence-electron chi connectivity index (χ3n) is 4.80. The molecule has 0 spiro atoms. The van der Waals surface area contributed by atoms with Crippen molar-refractivity contribution in [1.82, 2.24) is 9.55 Å². The van der Waals surface area contributed by atoms with Crippen LogP contribution in [0, 0.1) is 5.92 Å². The molecule has 1 aromatic heterocycles. The monoisotopic (exact) mass is 320 g/mol. The highest BCUT2D eigenvalue weighted by atomic mass is 16.2. The number of benzene rings is 2. The molecule has 0 fully saturated rings. The van der Waals surface area contributed by atoms with Gasteiger partial charge < -0.3 is 10.3 Å². The van der Waals surface area contributed by atoms with Crippen LogP contribution in [0.1, 0.15) is 18.5 Å². The number of fused-ring (bicyclic) bond motifs is 3. The predicted octanol–water partition coefficient (Wildman–Crippen LogP) is 2.72. The topological polar surface area (TPSA) is 64.2 Å². The Balaban J connectivity index is 1.62. The summed E-state index contributed by atoms with van der Waals surface area (Å²) in [7, 11) is 0. The van der Waals surface area contributed by atoms with E-state index >= 15 is 0 Å². The Labute approximate surface area is 140 Å². The number of carbonyl (C=O) groups is 1. The minimum absolute atomic E-state index is 0.0282. The van der Waals surface area contributed by atoms with Gasteiger partial charge in [0, 0.05) is 19.1 Å². The van der Waals surface area contributed by atoms with Gasteiger partial charge in [-0.1, -0.05) is 49.4 Å². The van der Waals surface area contributed by atoms with Crippen LogP contribution in [0.5, 0.6) is 0 Å². The van der Waals surface area contributed by atoms with E-state index in [2.05, 4.69) is 9.55 Å². The second-order valence-electron chi connectivity index (χ2n) is 6.27. The van der Waals surface area contributed by atoms with Crippen LogP contribution in [0.25, 0.3) is 11.0 Å². The molecule has 0 aliphatic carbocycles. The van der Waals surface area contributed by atoms with Gasteiger partial charge in [0.05, 0.1) is 17.0 Å². The zero-order valence-corrected chi connectivity index (χ0v) is 13.6. The number of amides is 1. The highest BCUT2D eigenvalue weighted by Gasteiger charge is 2.33. The van der Waals surface area contributed by atoms with Crippen LogP contribution < -0.4 is 10.6 Å². The smallest absolute Gasteiger partial charge is 0.234 e. The number of nitrogens with zero attached hydrogens (tertiary/aromatic N) is 3. The van der Waals surface area contributed by atoms with E-state index in [1.807, 2.05) is 61.5 Å². The number of rotatable bonds is 3. The maximum Gasteiger partial charge on any atom is 0.234 e. The summed E-state index contributed by atoms with van der Waals surface area (Å²) in [6, 6.07) is 17.4. The van der Waals surface area contributed by atoms with Crippen molar-refractivity contribution < 1.29 is 4.79 Å². The van der Waals surface area contributed by atoms with E-state index in [4.69, 9.17) is 5.73 Å². The van der Waals surface area contributed by atoms with E-state index in [9.17, 15) is 4.79 Å². The van der Waals surface area contributed by atoms with Crippen molar-refractivity contribution in [2.75, 3.05) is 11.4 Å². The third kappa shape index (κ3) is 2.29. The number of imidazole rings is 1. The first-order valence-corrected chi connectivity index (χ1v) is 8.24. The summed E-state index contributed by atoms with van der Waals surface area (Å²) < 4.78 is 2.11. The standard InChI is InChI=1S/C19H20N4O/c1-13(17(20)14-7-3-2-4-8-14)18(24)23-12-11-22-16-10-6-5-9-15(16)21-19(22)23/h2-10,13,17H,11-12,20H2,1H3. The summed E-state index contributed by atoms with van der Waals surface area (Å²) in [5.74, 6) is 0.451. The molecule has 122 valence electrons. The number of hydrogen-bond donors (Lipinski definition) is 1. The molecule has 1 aliphatic rings. The van der Waals surface area contributed by atoms with Gasteiger partial charge in [-0.25, -0.2) is 4.98 Å². The van der Waals surface area contributed by atoms with Gasteiger partial charge in [0.1, 0.15) is 0 Å². The predicted molar refractivity (Wildman–Crippen MR) is 94.6 cm³/mol.